The van der Waals surface area contributed by atoms with Crippen LogP contribution in [0.4, 0.5) is 0 Å². The Kier molecular flexibility index (Phi) is 3.31. The third-order valence-corrected chi connectivity index (χ3v) is 3.94. The van der Waals surface area contributed by atoms with Crippen LogP contribution in [0.3, 0.4) is 0 Å². The van der Waals surface area contributed by atoms with Gasteiger partial charge in [-0.1, -0.05) is 0 Å². The Morgan fingerprint density at radius 1 is 1.17 bits per heavy atom. The van der Waals surface area contributed by atoms with E-state index in [4.69, 9.17) is 24.9 Å². The molecule has 1 aliphatic rings. The molecule has 3 aromatic rings. The van der Waals surface area contributed by atoms with Crippen molar-refractivity contribution in [2.75, 3.05) is 20.4 Å². The van der Waals surface area contributed by atoms with Gasteiger partial charge in [-0.3, -0.25) is 0 Å². The number of methoxy groups -OCH3 is 1. The minimum Gasteiger partial charge on any atom is -0.497 e. The minimum atomic E-state index is 0.254. The van der Waals surface area contributed by atoms with Crippen molar-refractivity contribution < 1.29 is 14.2 Å². The molecule has 2 heterocycles. The van der Waals surface area contributed by atoms with Crippen LogP contribution in [0, 0.1) is 0 Å². The zero-order chi connectivity index (χ0) is 15.8. The highest BCUT2D eigenvalue weighted by Gasteiger charge is 2.19. The van der Waals surface area contributed by atoms with Gasteiger partial charge in [0.15, 0.2) is 11.5 Å². The molecule has 0 bridgehead atoms. The zero-order valence-electron chi connectivity index (χ0n) is 12.8. The summed E-state index contributed by atoms with van der Waals surface area (Å²) in [6.07, 6.45) is 0. The average molecular weight is 311 g/mol. The Morgan fingerprint density at radius 3 is 2.61 bits per heavy atom. The van der Waals surface area contributed by atoms with E-state index in [2.05, 4.69) is 4.57 Å². The zero-order valence-corrected chi connectivity index (χ0v) is 12.8. The highest BCUT2D eigenvalue weighted by Crippen LogP contribution is 2.37. The van der Waals surface area contributed by atoms with E-state index in [9.17, 15) is 0 Å². The van der Waals surface area contributed by atoms with Crippen molar-refractivity contribution in [2.24, 2.45) is 5.73 Å². The number of benzene rings is 2. The molecule has 0 radical (unpaired) electrons. The van der Waals surface area contributed by atoms with Gasteiger partial charge in [0.2, 0.25) is 6.79 Å². The highest BCUT2D eigenvalue weighted by molar-refractivity contribution is 5.84. The van der Waals surface area contributed by atoms with Crippen LogP contribution in [-0.2, 0) is 6.54 Å². The topological polar surface area (TPSA) is 71.5 Å². The lowest BCUT2D eigenvalue weighted by Crippen LogP contribution is -2.10. The second-order valence-corrected chi connectivity index (χ2v) is 5.30. The highest BCUT2D eigenvalue weighted by atomic mass is 16.7. The number of nitrogens with zero attached hydrogens (tertiary/aromatic N) is 2. The third-order valence-electron chi connectivity index (χ3n) is 3.94. The summed E-state index contributed by atoms with van der Waals surface area (Å²) in [6, 6.07) is 11.7. The SMILES string of the molecule is COc1ccc(-c2nc3cc4c(cc3n2CCN)OCO4)cc1. The molecular formula is C17H17N3O3. The molecule has 2 N–H and O–H groups in total. The summed E-state index contributed by atoms with van der Waals surface area (Å²) in [5.41, 5.74) is 8.66. The van der Waals surface area contributed by atoms with Gasteiger partial charge < -0.3 is 24.5 Å². The molecule has 0 spiro atoms. The maximum absolute atomic E-state index is 5.79. The normalized spacial score (nSPS) is 12.8. The number of imidazole rings is 1. The smallest absolute Gasteiger partial charge is 0.231 e. The summed E-state index contributed by atoms with van der Waals surface area (Å²) in [7, 11) is 1.65. The van der Waals surface area contributed by atoms with Crippen LogP contribution in [0.15, 0.2) is 36.4 Å². The van der Waals surface area contributed by atoms with Gasteiger partial charge in [0.05, 0.1) is 18.1 Å². The predicted octanol–water partition coefficient (Wildman–Crippen LogP) is 2.40. The summed E-state index contributed by atoms with van der Waals surface area (Å²) < 4.78 is 18.2. The number of rotatable bonds is 4. The molecule has 0 saturated carbocycles. The van der Waals surface area contributed by atoms with Crippen molar-refractivity contribution in [2.45, 2.75) is 6.54 Å². The molecule has 0 unspecified atom stereocenters. The Balaban J connectivity index is 1.89. The molecule has 1 aliphatic heterocycles. The first-order chi connectivity index (χ1) is 11.3. The van der Waals surface area contributed by atoms with Crippen molar-refractivity contribution in [3.8, 4) is 28.6 Å². The Bertz CT molecular complexity index is 856. The molecule has 1 aromatic heterocycles. The van der Waals surface area contributed by atoms with E-state index in [1.807, 2.05) is 36.4 Å². The van der Waals surface area contributed by atoms with E-state index in [0.29, 0.717) is 13.1 Å². The quantitative estimate of drug-likeness (QED) is 0.801. The molecule has 4 rings (SSSR count). The molecule has 0 saturated heterocycles. The van der Waals surface area contributed by atoms with Gasteiger partial charge in [-0.25, -0.2) is 4.98 Å². The Hall–Kier alpha value is -2.73. The molecule has 23 heavy (non-hydrogen) atoms. The number of hydrogen-bond donors (Lipinski definition) is 1. The van der Waals surface area contributed by atoms with E-state index < -0.39 is 0 Å². The van der Waals surface area contributed by atoms with Crippen LogP contribution < -0.4 is 19.9 Å². The van der Waals surface area contributed by atoms with Crippen LogP contribution in [-0.4, -0.2) is 30.0 Å². The van der Waals surface area contributed by atoms with Crippen LogP contribution >= 0.6 is 0 Å². The first-order valence-electron chi connectivity index (χ1n) is 7.44. The lowest BCUT2D eigenvalue weighted by molar-refractivity contribution is 0.174. The van der Waals surface area contributed by atoms with Gasteiger partial charge in [0.25, 0.3) is 0 Å². The second kappa shape index (κ2) is 5.48. The number of aromatic nitrogens is 2. The molecule has 6 nitrogen and oxygen atoms in total. The number of hydrogen-bond acceptors (Lipinski definition) is 5. The summed E-state index contributed by atoms with van der Waals surface area (Å²) in [6.45, 7) is 1.46. The standard InChI is InChI=1S/C17H17N3O3/c1-21-12-4-2-11(3-5-12)17-19-13-8-15-16(23-10-22-15)9-14(13)20(17)7-6-18/h2-5,8-9H,6-7,10,18H2,1H3. The van der Waals surface area contributed by atoms with Gasteiger partial charge in [-0.15, -0.1) is 0 Å². The number of nitrogens with two attached hydrogens (primary N) is 1. The Labute approximate surface area is 133 Å². The molecule has 2 aromatic carbocycles. The lowest BCUT2D eigenvalue weighted by Gasteiger charge is -2.08. The molecule has 0 amide bonds. The van der Waals surface area contributed by atoms with Gasteiger partial charge in [-0.05, 0) is 24.3 Å². The van der Waals surface area contributed by atoms with Crippen molar-refractivity contribution in [1.29, 1.82) is 0 Å². The molecule has 0 atom stereocenters. The number of ether oxygens (including phenoxy) is 3. The van der Waals surface area contributed by atoms with Gasteiger partial charge in [0, 0.05) is 30.8 Å². The van der Waals surface area contributed by atoms with Crippen LogP contribution in [0.5, 0.6) is 17.2 Å². The molecule has 118 valence electrons. The summed E-state index contributed by atoms with van der Waals surface area (Å²) >= 11 is 0. The summed E-state index contributed by atoms with van der Waals surface area (Å²) in [5, 5.41) is 0. The van der Waals surface area contributed by atoms with Crippen LogP contribution in [0.25, 0.3) is 22.4 Å². The number of fused-ring (bicyclic) bond motifs is 2. The first-order valence-corrected chi connectivity index (χ1v) is 7.44. The first kappa shape index (κ1) is 13.9. The Morgan fingerprint density at radius 2 is 1.91 bits per heavy atom. The molecular weight excluding hydrogens is 294 g/mol. The summed E-state index contributed by atoms with van der Waals surface area (Å²) in [5.74, 6) is 3.17. The largest absolute Gasteiger partial charge is 0.497 e. The molecule has 6 heteroatoms. The fraction of sp³-hybridized carbons (Fsp3) is 0.235. The van der Waals surface area contributed by atoms with Gasteiger partial charge >= 0.3 is 0 Å². The van der Waals surface area contributed by atoms with E-state index in [-0.39, 0.29) is 6.79 Å². The second-order valence-electron chi connectivity index (χ2n) is 5.30. The van der Waals surface area contributed by atoms with Gasteiger partial charge in [0.1, 0.15) is 11.6 Å². The third kappa shape index (κ3) is 2.27. The van der Waals surface area contributed by atoms with E-state index in [1.54, 1.807) is 7.11 Å². The molecule has 0 aliphatic carbocycles. The van der Waals surface area contributed by atoms with E-state index in [1.165, 1.54) is 0 Å². The monoisotopic (exact) mass is 311 g/mol. The lowest BCUT2D eigenvalue weighted by atomic mass is 10.2. The van der Waals surface area contributed by atoms with Crippen molar-refractivity contribution >= 4 is 11.0 Å². The van der Waals surface area contributed by atoms with Crippen LogP contribution in [0.1, 0.15) is 0 Å². The fourth-order valence-electron chi connectivity index (χ4n) is 2.83. The molecule has 0 fully saturated rings. The van der Waals surface area contributed by atoms with Crippen molar-refractivity contribution in [3.05, 3.63) is 36.4 Å². The van der Waals surface area contributed by atoms with E-state index in [0.717, 1.165) is 39.7 Å². The van der Waals surface area contributed by atoms with E-state index >= 15 is 0 Å². The maximum Gasteiger partial charge on any atom is 0.231 e. The fourth-order valence-corrected chi connectivity index (χ4v) is 2.83. The maximum atomic E-state index is 5.79. The van der Waals surface area contributed by atoms with Gasteiger partial charge in [-0.2, -0.15) is 0 Å². The van der Waals surface area contributed by atoms with Crippen molar-refractivity contribution in [1.82, 2.24) is 9.55 Å². The predicted molar refractivity (Wildman–Crippen MR) is 86.9 cm³/mol. The van der Waals surface area contributed by atoms with Crippen molar-refractivity contribution in [3.63, 3.8) is 0 Å². The average Bonchev–Trinajstić information content (AvgIpc) is 3.18. The summed E-state index contributed by atoms with van der Waals surface area (Å²) in [4.78, 5) is 4.77. The van der Waals surface area contributed by atoms with Crippen LogP contribution in [0.2, 0.25) is 0 Å². The minimum absolute atomic E-state index is 0.254.